The van der Waals surface area contributed by atoms with Gasteiger partial charge in [-0.1, -0.05) is 6.07 Å². The van der Waals surface area contributed by atoms with Crippen molar-refractivity contribution >= 4 is 17.3 Å². The SMILES string of the molecule is CCn1ncc(CN2CCN(C(=S)NCCc3ccc(OC)c(OC)c3)CC2)c1C. The minimum absolute atomic E-state index is 0.750. The summed E-state index contributed by atoms with van der Waals surface area (Å²) < 4.78 is 12.7. The molecule has 1 N–H and O–H groups in total. The van der Waals surface area contributed by atoms with Crippen LogP contribution in [0.15, 0.2) is 24.4 Å². The van der Waals surface area contributed by atoms with Gasteiger partial charge in [0.05, 0.1) is 20.4 Å². The lowest BCUT2D eigenvalue weighted by atomic mass is 10.1. The third kappa shape index (κ3) is 5.43. The van der Waals surface area contributed by atoms with Crippen molar-refractivity contribution in [1.82, 2.24) is 24.9 Å². The van der Waals surface area contributed by atoms with E-state index in [1.807, 2.05) is 18.3 Å². The van der Waals surface area contributed by atoms with Crippen LogP contribution in [0.1, 0.15) is 23.7 Å². The number of nitrogens with one attached hydrogen (secondary N) is 1. The molecule has 0 aliphatic carbocycles. The van der Waals surface area contributed by atoms with Crippen molar-refractivity contribution in [2.45, 2.75) is 33.4 Å². The van der Waals surface area contributed by atoms with Crippen LogP contribution in [0, 0.1) is 6.92 Å². The molecule has 1 aliphatic rings. The first kappa shape index (κ1) is 22.4. The number of hydrogen-bond acceptors (Lipinski definition) is 5. The average molecular weight is 432 g/mol. The van der Waals surface area contributed by atoms with Gasteiger partial charge >= 0.3 is 0 Å². The van der Waals surface area contributed by atoms with Crippen LogP contribution >= 0.6 is 12.2 Å². The fraction of sp³-hybridized carbons (Fsp3) is 0.545. The summed E-state index contributed by atoms with van der Waals surface area (Å²) in [5.74, 6) is 1.51. The minimum atomic E-state index is 0.750. The van der Waals surface area contributed by atoms with Crippen LogP contribution in [-0.2, 0) is 19.5 Å². The lowest BCUT2D eigenvalue weighted by molar-refractivity contribution is 0.174. The van der Waals surface area contributed by atoms with Gasteiger partial charge in [-0.15, -0.1) is 0 Å². The summed E-state index contributed by atoms with van der Waals surface area (Å²) in [5, 5.41) is 8.70. The molecular formula is C22H33N5O2S. The van der Waals surface area contributed by atoms with Gasteiger partial charge in [0.15, 0.2) is 16.6 Å². The average Bonchev–Trinajstić information content (AvgIpc) is 3.13. The summed E-state index contributed by atoms with van der Waals surface area (Å²) >= 11 is 5.62. The lowest BCUT2D eigenvalue weighted by Gasteiger charge is -2.36. The molecule has 0 saturated carbocycles. The summed E-state index contributed by atoms with van der Waals surface area (Å²) in [4.78, 5) is 4.75. The highest BCUT2D eigenvalue weighted by Crippen LogP contribution is 2.27. The zero-order valence-corrected chi connectivity index (χ0v) is 19.3. The van der Waals surface area contributed by atoms with Crippen LogP contribution in [0.4, 0.5) is 0 Å². The summed E-state index contributed by atoms with van der Waals surface area (Å²) in [6.07, 6.45) is 2.88. The quantitative estimate of drug-likeness (QED) is 0.645. The van der Waals surface area contributed by atoms with E-state index >= 15 is 0 Å². The number of rotatable bonds is 8. The topological polar surface area (TPSA) is 54.8 Å². The summed E-state index contributed by atoms with van der Waals surface area (Å²) in [6.45, 7) is 10.9. The molecule has 3 rings (SSSR count). The number of methoxy groups -OCH3 is 2. The maximum Gasteiger partial charge on any atom is 0.169 e. The molecular weight excluding hydrogens is 398 g/mol. The fourth-order valence-corrected chi connectivity index (χ4v) is 4.06. The molecule has 164 valence electrons. The maximum atomic E-state index is 5.62. The normalized spacial score (nSPS) is 14.6. The Morgan fingerprint density at radius 1 is 1.13 bits per heavy atom. The van der Waals surface area contributed by atoms with E-state index in [0.29, 0.717) is 0 Å². The predicted molar refractivity (Wildman–Crippen MR) is 123 cm³/mol. The van der Waals surface area contributed by atoms with E-state index in [1.54, 1.807) is 14.2 Å². The standard InChI is InChI=1S/C22H33N5O2S/c1-5-27-17(2)19(15-24-27)16-25-10-12-26(13-11-25)22(30)23-9-8-18-6-7-20(28-3)21(14-18)29-4/h6-7,14-15H,5,8-13,16H2,1-4H3,(H,23,30). The highest BCUT2D eigenvalue weighted by molar-refractivity contribution is 7.80. The number of aryl methyl sites for hydroxylation is 1. The van der Waals surface area contributed by atoms with Crippen molar-refractivity contribution in [2.75, 3.05) is 46.9 Å². The van der Waals surface area contributed by atoms with Crippen molar-refractivity contribution < 1.29 is 9.47 Å². The molecule has 2 aromatic rings. The number of benzene rings is 1. The first-order valence-electron chi connectivity index (χ1n) is 10.5. The van der Waals surface area contributed by atoms with Gasteiger partial charge < -0.3 is 19.7 Å². The molecule has 0 unspecified atom stereocenters. The number of ether oxygens (including phenoxy) is 2. The molecule has 30 heavy (non-hydrogen) atoms. The van der Waals surface area contributed by atoms with Gasteiger partial charge in [-0.25, -0.2) is 0 Å². The number of nitrogens with zero attached hydrogens (tertiary/aromatic N) is 4. The summed E-state index contributed by atoms with van der Waals surface area (Å²) in [5.41, 5.74) is 3.78. The Hall–Kier alpha value is -2.32. The molecule has 0 radical (unpaired) electrons. The van der Waals surface area contributed by atoms with Crippen LogP contribution in [0.3, 0.4) is 0 Å². The maximum absolute atomic E-state index is 5.62. The van der Waals surface area contributed by atoms with Gasteiger partial charge in [-0.3, -0.25) is 9.58 Å². The Kier molecular flexibility index (Phi) is 7.93. The molecule has 1 fully saturated rings. The lowest BCUT2D eigenvalue weighted by Crippen LogP contribution is -2.51. The molecule has 8 heteroatoms. The summed E-state index contributed by atoms with van der Waals surface area (Å²) in [6, 6.07) is 6.02. The second-order valence-electron chi connectivity index (χ2n) is 7.51. The molecule has 0 atom stereocenters. The van der Waals surface area contributed by atoms with E-state index in [1.165, 1.54) is 16.8 Å². The summed E-state index contributed by atoms with van der Waals surface area (Å²) in [7, 11) is 3.31. The van der Waals surface area contributed by atoms with Gasteiger partial charge in [0.2, 0.25) is 0 Å². The van der Waals surface area contributed by atoms with Crippen LogP contribution in [0.25, 0.3) is 0 Å². The molecule has 1 aromatic heterocycles. The van der Waals surface area contributed by atoms with Crippen LogP contribution < -0.4 is 14.8 Å². The smallest absolute Gasteiger partial charge is 0.169 e. The largest absolute Gasteiger partial charge is 0.493 e. The van der Waals surface area contributed by atoms with Crippen LogP contribution in [0.5, 0.6) is 11.5 Å². The number of aromatic nitrogens is 2. The molecule has 0 spiro atoms. The van der Waals surface area contributed by atoms with E-state index in [-0.39, 0.29) is 0 Å². The van der Waals surface area contributed by atoms with Crippen LogP contribution in [-0.4, -0.2) is 71.6 Å². The Balaban J connectivity index is 1.41. The molecule has 1 aromatic carbocycles. The molecule has 0 amide bonds. The van der Waals surface area contributed by atoms with E-state index in [4.69, 9.17) is 21.7 Å². The van der Waals surface area contributed by atoms with Gasteiger partial charge in [-0.2, -0.15) is 5.10 Å². The van der Waals surface area contributed by atoms with Crippen molar-refractivity contribution in [3.63, 3.8) is 0 Å². The van der Waals surface area contributed by atoms with Gasteiger partial charge in [-0.05, 0) is 50.2 Å². The molecule has 0 bridgehead atoms. The van der Waals surface area contributed by atoms with Crippen molar-refractivity contribution in [3.8, 4) is 11.5 Å². The third-order valence-electron chi connectivity index (χ3n) is 5.70. The zero-order chi connectivity index (χ0) is 21.5. The molecule has 2 heterocycles. The van der Waals surface area contributed by atoms with Crippen molar-refractivity contribution in [3.05, 3.63) is 41.2 Å². The van der Waals surface area contributed by atoms with Gasteiger partial charge in [0.25, 0.3) is 0 Å². The van der Waals surface area contributed by atoms with Gasteiger partial charge in [0, 0.05) is 57.1 Å². The van der Waals surface area contributed by atoms with Gasteiger partial charge in [0.1, 0.15) is 0 Å². The Morgan fingerprint density at radius 3 is 2.50 bits per heavy atom. The second kappa shape index (κ2) is 10.6. The number of piperazine rings is 1. The van der Waals surface area contributed by atoms with E-state index < -0.39 is 0 Å². The Bertz CT molecular complexity index is 846. The molecule has 1 saturated heterocycles. The molecule has 1 aliphatic heterocycles. The van der Waals surface area contributed by atoms with E-state index in [9.17, 15) is 0 Å². The first-order valence-corrected chi connectivity index (χ1v) is 10.9. The Morgan fingerprint density at radius 2 is 1.87 bits per heavy atom. The van der Waals surface area contributed by atoms with Crippen LogP contribution in [0.2, 0.25) is 0 Å². The number of hydrogen-bond donors (Lipinski definition) is 1. The predicted octanol–water partition coefficient (Wildman–Crippen LogP) is 2.46. The van der Waals surface area contributed by atoms with Crippen molar-refractivity contribution in [1.29, 1.82) is 0 Å². The number of thiocarbonyl (C=S) groups is 1. The zero-order valence-electron chi connectivity index (χ0n) is 18.5. The second-order valence-corrected chi connectivity index (χ2v) is 7.89. The minimum Gasteiger partial charge on any atom is -0.493 e. The Labute approximate surface area is 184 Å². The monoisotopic (exact) mass is 431 g/mol. The highest BCUT2D eigenvalue weighted by Gasteiger charge is 2.20. The third-order valence-corrected chi connectivity index (χ3v) is 6.10. The highest BCUT2D eigenvalue weighted by atomic mass is 32.1. The first-order chi connectivity index (χ1) is 14.5. The van der Waals surface area contributed by atoms with Crippen molar-refractivity contribution in [2.24, 2.45) is 0 Å². The molecule has 7 nitrogen and oxygen atoms in total. The van der Waals surface area contributed by atoms with E-state index in [2.05, 4.69) is 44.8 Å². The van der Waals surface area contributed by atoms with E-state index in [0.717, 1.165) is 68.8 Å². The fourth-order valence-electron chi connectivity index (χ4n) is 3.77.